The molecule has 42 heavy (non-hydrogen) atoms. The number of carbonyl (C=O) groups is 4. The maximum atomic E-state index is 13.4. The third-order valence-corrected chi connectivity index (χ3v) is 5.96. The van der Waals surface area contributed by atoms with E-state index < -0.39 is 46.5 Å². The predicted molar refractivity (Wildman–Crippen MR) is 157 cm³/mol. The smallest absolute Gasteiger partial charge is 0.307 e. The van der Waals surface area contributed by atoms with Crippen molar-refractivity contribution in [2.24, 2.45) is 0 Å². The fourth-order valence-corrected chi connectivity index (χ4v) is 3.88. The fraction of sp³-hybridized carbons (Fsp3) is 0.419. The molecule has 0 radical (unpaired) electrons. The van der Waals surface area contributed by atoms with Crippen molar-refractivity contribution in [3.63, 3.8) is 0 Å². The van der Waals surface area contributed by atoms with Crippen LogP contribution in [0.5, 0.6) is 0 Å². The Kier molecular flexibility index (Phi) is 11.3. The van der Waals surface area contributed by atoms with E-state index in [1.165, 1.54) is 6.20 Å². The van der Waals surface area contributed by atoms with E-state index in [1.807, 2.05) is 102 Å². The summed E-state index contributed by atoms with van der Waals surface area (Å²) in [5, 5.41) is 0.963. The van der Waals surface area contributed by atoms with Crippen molar-refractivity contribution in [1.82, 2.24) is 26.9 Å². The Morgan fingerprint density at radius 2 is 1.21 bits per heavy atom. The average Bonchev–Trinajstić information content (AvgIpc) is 2.96. The molecule has 1 heterocycles. The molecule has 0 aliphatic carbocycles. The molecule has 0 fully saturated rings. The number of amides is 1. The standard InChI is InChI=1S/C31H41N5O6/c1-30(2,3)41-33-24(17-21-13-9-7-10-14-21)27(38)26(37)23-19-32-35-36(20-23)29(40)28(39)25(34-42-31(4,5)6)18-22-15-11-8-12-16-22/h7-16,19,24-25,32-35H,17-18,20H2,1-6H3/t24-,25-/m0/s1. The van der Waals surface area contributed by atoms with Crippen molar-refractivity contribution in [3.05, 3.63) is 83.6 Å². The van der Waals surface area contributed by atoms with E-state index in [4.69, 9.17) is 9.68 Å². The Morgan fingerprint density at radius 1 is 0.762 bits per heavy atom. The largest absolute Gasteiger partial charge is 0.311 e. The van der Waals surface area contributed by atoms with Gasteiger partial charge >= 0.3 is 5.91 Å². The molecule has 11 nitrogen and oxygen atoms in total. The molecule has 2 atom stereocenters. The third kappa shape index (κ3) is 10.3. The highest BCUT2D eigenvalue weighted by Gasteiger charge is 2.36. The van der Waals surface area contributed by atoms with Gasteiger partial charge in [0.15, 0.2) is 0 Å². The quantitative estimate of drug-likeness (QED) is 0.207. The van der Waals surface area contributed by atoms with Gasteiger partial charge in [-0.2, -0.15) is 11.0 Å². The van der Waals surface area contributed by atoms with Gasteiger partial charge < -0.3 is 5.43 Å². The first-order chi connectivity index (χ1) is 19.7. The van der Waals surface area contributed by atoms with Gasteiger partial charge in [-0.1, -0.05) is 60.7 Å². The number of hydroxylamine groups is 2. The molecular weight excluding hydrogens is 538 g/mol. The lowest BCUT2D eigenvalue weighted by molar-refractivity contribution is -0.153. The molecule has 1 aliphatic heterocycles. The zero-order chi connectivity index (χ0) is 30.9. The molecule has 4 N–H and O–H groups in total. The van der Waals surface area contributed by atoms with Crippen LogP contribution in [-0.2, 0) is 41.7 Å². The number of hydrogen-bond donors (Lipinski definition) is 4. The predicted octanol–water partition coefficient (Wildman–Crippen LogP) is 2.29. The van der Waals surface area contributed by atoms with Crippen LogP contribution in [0.25, 0.3) is 0 Å². The number of hydrazine groups is 2. The van der Waals surface area contributed by atoms with Crippen LogP contribution in [0.3, 0.4) is 0 Å². The highest BCUT2D eigenvalue weighted by atomic mass is 16.7. The Bertz CT molecular complexity index is 1270. The van der Waals surface area contributed by atoms with Crippen LogP contribution in [0.2, 0.25) is 0 Å². The number of nitrogens with zero attached hydrogens (tertiary/aromatic N) is 1. The van der Waals surface area contributed by atoms with E-state index in [0.29, 0.717) is 0 Å². The Hall–Kier alpha value is -3.74. The average molecular weight is 580 g/mol. The number of nitrogens with one attached hydrogen (secondary N) is 4. The van der Waals surface area contributed by atoms with Crippen molar-refractivity contribution in [3.8, 4) is 0 Å². The Labute approximate surface area is 246 Å². The molecule has 2 aromatic rings. The van der Waals surface area contributed by atoms with E-state index >= 15 is 0 Å². The molecule has 0 saturated carbocycles. The summed E-state index contributed by atoms with van der Waals surface area (Å²) in [6.45, 7) is 10.6. The normalized spacial score (nSPS) is 15.3. The topological polar surface area (TPSA) is 138 Å². The second-order valence-electron chi connectivity index (χ2n) is 12.0. The van der Waals surface area contributed by atoms with Crippen molar-refractivity contribution >= 4 is 23.3 Å². The molecule has 0 aromatic heterocycles. The summed E-state index contributed by atoms with van der Waals surface area (Å²) in [5.74, 6) is -3.23. The number of carbonyl (C=O) groups excluding carboxylic acids is 4. The Balaban J connectivity index is 1.73. The van der Waals surface area contributed by atoms with Crippen LogP contribution in [0.4, 0.5) is 0 Å². The number of benzene rings is 2. The van der Waals surface area contributed by atoms with Crippen LogP contribution in [-0.4, -0.2) is 58.1 Å². The maximum Gasteiger partial charge on any atom is 0.307 e. The van der Waals surface area contributed by atoms with Crippen LogP contribution in [0.1, 0.15) is 52.7 Å². The molecule has 1 aliphatic rings. The van der Waals surface area contributed by atoms with Gasteiger partial charge in [-0.15, -0.1) is 5.53 Å². The molecule has 2 aromatic carbocycles. The summed E-state index contributed by atoms with van der Waals surface area (Å²) < 4.78 is 0. The van der Waals surface area contributed by atoms with Crippen LogP contribution < -0.4 is 21.9 Å². The molecule has 0 spiro atoms. The zero-order valence-electron chi connectivity index (χ0n) is 25.0. The number of Topliss-reactive ketones (excluding diaryl/α,β-unsaturated/α-hetero) is 3. The van der Waals surface area contributed by atoms with E-state index in [1.54, 1.807) is 0 Å². The van der Waals surface area contributed by atoms with Crippen molar-refractivity contribution in [1.29, 1.82) is 0 Å². The highest BCUT2D eigenvalue weighted by Crippen LogP contribution is 2.14. The molecule has 226 valence electrons. The lowest BCUT2D eigenvalue weighted by Gasteiger charge is -2.30. The maximum absolute atomic E-state index is 13.4. The van der Waals surface area contributed by atoms with E-state index in [2.05, 4.69) is 21.9 Å². The number of hydrogen-bond acceptors (Lipinski definition) is 10. The van der Waals surface area contributed by atoms with Gasteiger partial charge in [0.05, 0.1) is 17.7 Å². The third-order valence-electron chi connectivity index (χ3n) is 5.96. The second kappa shape index (κ2) is 14.4. The molecule has 0 bridgehead atoms. The minimum Gasteiger partial charge on any atom is -0.311 e. The highest BCUT2D eigenvalue weighted by molar-refractivity contribution is 6.45. The zero-order valence-corrected chi connectivity index (χ0v) is 25.0. The van der Waals surface area contributed by atoms with E-state index in [9.17, 15) is 19.2 Å². The van der Waals surface area contributed by atoms with Crippen LogP contribution >= 0.6 is 0 Å². The van der Waals surface area contributed by atoms with Gasteiger partial charge in [-0.05, 0) is 65.5 Å². The fourth-order valence-electron chi connectivity index (χ4n) is 3.88. The number of rotatable bonds is 13. The first-order valence-corrected chi connectivity index (χ1v) is 13.8. The first kappa shape index (κ1) is 32.8. The monoisotopic (exact) mass is 579 g/mol. The second-order valence-corrected chi connectivity index (χ2v) is 12.0. The molecule has 3 rings (SSSR count). The number of ketones is 3. The summed E-state index contributed by atoms with van der Waals surface area (Å²) >= 11 is 0. The van der Waals surface area contributed by atoms with Crippen molar-refractivity contribution in [2.75, 3.05) is 6.54 Å². The van der Waals surface area contributed by atoms with Crippen LogP contribution in [0, 0.1) is 0 Å². The summed E-state index contributed by atoms with van der Waals surface area (Å²) in [7, 11) is 0. The first-order valence-electron chi connectivity index (χ1n) is 13.8. The molecule has 11 heteroatoms. The van der Waals surface area contributed by atoms with E-state index in [-0.39, 0.29) is 25.0 Å². The molecule has 1 amide bonds. The summed E-state index contributed by atoms with van der Waals surface area (Å²) in [4.78, 5) is 64.7. The van der Waals surface area contributed by atoms with Gasteiger partial charge in [0.25, 0.3) is 0 Å². The minimum atomic E-state index is -0.999. The molecule has 0 unspecified atom stereocenters. The van der Waals surface area contributed by atoms with Gasteiger partial charge in [0.1, 0.15) is 12.1 Å². The SMILES string of the molecule is CC(C)(C)ON[C@@H](Cc1ccccc1)C(=O)C(=O)C1=CNNN(C(=O)C(=O)[C@H](Cc2ccccc2)NOC(C)(C)C)C1. The van der Waals surface area contributed by atoms with Crippen molar-refractivity contribution in [2.45, 2.75) is 77.7 Å². The molecular formula is C31H41N5O6. The molecule has 0 saturated heterocycles. The Morgan fingerprint density at radius 3 is 1.67 bits per heavy atom. The summed E-state index contributed by atoms with van der Waals surface area (Å²) in [6, 6.07) is 16.5. The van der Waals surface area contributed by atoms with Crippen molar-refractivity contribution < 1.29 is 28.9 Å². The lowest BCUT2D eigenvalue weighted by Crippen LogP contribution is -2.58. The lowest BCUT2D eigenvalue weighted by atomic mass is 9.97. The van der Waals surface area contributed by atoms with Gasteiger partial charge in [0, 0.05) is 11.8 Å². The summed E-state index contributed by atoms with van der Waals surface area (Å²) in [5.41, 5.74) is 11.1. The van der Waals surface area contributed by atoms with Crippen LogP contribution in [0.15, 0.2) is 72.4 Å². The van der Waals surface area contributed by atoms with E-state index in [0.717, 1.165) is 16.1 Å². The van der Waals surface area contributed by atoms with Gasteiger partial charge in [-0.3, -0.25) is 28.9 Å². The summed E-state index contributed by atoms with van der Waals surface area (Å²) in [6.07, 6.45) is 1.72. The minimum absolute atomic E-state index is 0.00836. The van der Waals surface area contributed by atoms with Gasteiger partial charge in [-0.25, -0.2) is 5.01 Å². The van der Waals surface area contributed by atoms with Gasteiger partial charge in [0.2, 0.25) is 17.3 Å².